The molecule has 12 aromatic carbocycles. The first-order chi connectivity index (χ1) is 39.3. The van der Waals surface area contributed by atoms with Gasteiger partial charge in [-0.15, -0.1) is 0 Å². The summed E-state index contributed by atoms with van der Waals surface area (Å²) in [4.78, 5) is 0. The minimum Gasteiger partial charge on any atom is -0.308 e. The van der Waals surface area contributed by atoms with E-state index in [1.165, 1.54) is 166 Å². The summed E-state index contributed by atoms with van der Waals surface area (Å²) in [6, 6.07) is 84.0. The van der Waals surface area contributed by atoms with Gasteiger partial charge < -0.3 is 9.13 Å². The van der Waals surface area contributed by atoms with Gasteiger partial charge in [0.25, 0.3) is 0 Å². The van der Waals surface area contributed by atoms with Crippen LogP contribution in [0, 0.1) is 13.8 Å². The minimum atomic E-state index is -2.26. The van der Waals surface area contributed by atoms with E-state index in [9.17, 15) is 0 Å². The van der Waals surface area contributed by atoms with E-state index in [2.05, 4.69) is 282 Å². The third kappa shape index (κ3) is 6.12. The lowest BCUT2D eigenvalue weighted by molar-refractivity contribution is 0.660. The van der Waals surface area contributed by atoms with E-state index < -0.39 is 8.07 Å². The molecule has 14 aromatic rings. The van der Waals surface area contributed by atoms with E-state index in [4.69, 9.17) is 0 Å². The Bertz CT molecular complexity index is 4820. The van der Waals surface area contributed by atoms with Gasteiger partial charge >= 0.3 is 0 Å². The number of aromatic nitrogens is 2. The highest BCUT2D eigenvalue weighted by molar-refractivity contribution is 7.04. The minimum absolute atomic E-state index is 0.266. The van der Waals surface area contributed by atoms with Gasteiger partial charge in [0, 0.05) is 54.3 Å². The zero-order chi connectivity index (χ0) is 54.6. The quantitative estimate of drug-likeness (QED) is 0.156. The van der Waals surface area contributed by atoms with Crippen LogP contribution >= 0.6 is 0 Å². The van der Waals surface area contributed by atoms with Crippen molar-refractivity contribution in [2.45, 2.75) is 65.5 Å². The average Bonchev–Trinajstić information content (AvgIpc) is 4.40. The fourth-order valence-corrected chi connectivity index (χ4v) is 18.8. The van der Waals surface area contributed by atoms with E-state index in [0.29, 0.717) is 0 Å². The molecule has 2 aromatic heterocycles. The maximum absolute atomic E-state index is 2.68. The number of hydrogen-bond acceptors (Lipinski definition) is 0. The standard InChI is InChI=1S/C78H60N2Si/c1-45-33-35-67-57(37-45)55-31-19-29-49(47-21-11-9-12-22-47)75(55)79(67)69-43-65-73(53-27-17-15-25-51(53)69)61-41-71-59(39-63(61)77(65,3)4)60-40-64-62(42-72(60)81(71,7)8)74-54-28-18-16-26-52(54)70(44-66(74)78(64,5)6)80-68-36-34-46(2)38-58(68)56-32-20-30-50(76(56)80)48-23-13-10-14-24-48/h9-44H,1-8H3. The van der Waals surface area contributed by atoms with Crippen molar-refractivity contribution in [3.05, 3.63) is 252 Å². The number of fused-ring (bicyclic) bond motifs is 19. The molecular formula is C78H60N2Si. The predicted octanol–water partition coefficient (Wildman–Crippen LogP) is 19.6. The zero-order valence-electron chi connectivity index (χ0n) is 47.2. The first kappa shape index (κ1) is 46.8. The van der Waals surface area contributed by atoms with Crippen molar-refractivity contribution >= 4 is 83.6 Å². The molecule has 0 saturated heterocycles. The van der Waals surface area contributed by atoms with Crippen LogP contribution in [0.1, 0.15) is 61.1 Å². The fraction of sp³-hybridized carbons (Fsp3) is 0.128. The number of hydrogen-bond donors (Lipinski definition) is 0. The summed E-state index contributed by atoms with van der Waals surface area (Å²) < 4.78 is 5.19. The summed E-state index contributed by atoms with van der Waals surface area (Å²) in [5.74, 6) is 0. The molecule has 0 radical (unpaired) electrons. The van der Waals surface area contributed by atoms with Gasteiger partial charge in [0.05, 0.1) is 33.4 Å². The van der Waals surface area contributed by atoms with Gasteiger partial charge in [0.2, 0.25) is 0 Å². The molecular weight excluding hydrogens is 993 g/mol. The van der Waals surface area contributed by atoms with Gasteiger partial charge in [-0.2, -0.15) is 0 Å². The zero-order valence-corrected chi connectivity index (χ0v) is 48.2. The number of nitrogens with zero attached hydrogens (tertiary/aromatic N) is 2. The molecule has 0 fully saturated rings. The average molecular weight is 1050 g/mol. The Hall–Kier alpha value is -9.02. The summed E-state index contributed by atoms with van der Waals surface area (Å²) >= 11 is 0. The summed E-state index contributed by atoms with van der Waals surface area (Å²) in [5.41, 5.74) is 28.5. The summed E-state index contributed by atoms with van der Waals surface area (Å²) in [6.07, 6.45) is 0. The van der Waals surface area contributed by atoms with Crippen LogP contribution in [0.2, 0.25) is 13.1 Å². The van der Waals surface area contributed by atoms with Crippen molar-refractivity contribution in [3.8, 4) is 67.0 Å². The van der Waals surface area contributed by atoms with Gasteiger partial charge in [0.15, 0.2) is 0 Å². The Kier molecular flexibility index (Phi) is 9.31. The number of benzene rings is 12. The van der Waals surface area contributed by atoms with Crippen LogP contribution in [0.4, 0.5) is 0 Å². The van der Waals surface area contributed by atoms with Crippen LogP contribution < -0.4 is 10.4 Å². The van der Waals surface area contributed by atoms with Crippen LogP contribution in [0.25, 0.3) is 132 Å². The Morgan fingerprint density at radius 2 is 0.691 bits per heavy atom. The first-order valence-electron chi connectivity index (χ1n) is 29.0. The molecule has 0 atom stereocenters. The molecule has 1 aliphatic heterocycles. The van der Waals surface area contributed by atoms with Crippen molar-refractivity contribution in [1.29, 1.82) is 0 Å². The van der Waals surface area contributed by atoms with Crippen LogP contribution in [0.15, 0.2) is 218 Å². The highest BCUT2D eigenvalue weighted by Gasteiger charge is 2.46. The Morgan fingerprint density at radius 3 is 1.11 bits per heavy atom. The van der Waals surface area contributed by atoms with Gasteiger partial charge in [-0.05, 0) is 150 Å². The van der Waals surface area contributed by atoms with E-state index >= 15 is 0 Å². The molecule has 0 N–H and O–H groups in total. The summed E-state index contributed by atoms with van der Waals surface area (Å²) in [7, 11) is -2.26. The molecule has 0 unspecified atom stereocenters. The number of aryl methyl sites for hydroxylation is 2. The smallest absolute Gasteiger partial charge is 0.113 e. The monoisotopic (exact) mass is 1050 g/mol. The third-order valence-corrected chi connectivity index (χ3v) is 23.3. The van der Waals surface area contributed by atoms with Crippen molar-refractivity contribution in [1.82, 2.24) is 9.13 Å². The number of para-hydroxylation sites is 2. The van der Waals surface area contributed by atoms with E-state index in [1.54, 1.807) is 10.4 Å². The molecule has 0 saturated carbocycles. The molecule has 3 heteroatoms. The lowest BCUT2D eigenvalue weighted by Crippen LogP contribution is -2.49. The maximum Gasteiger partial charge on any atom is 0.113 e. The Balaban J connectivity index is 0.857. The molecule has 3 aliphatic rings. The van der Waals surface area contributed by atoms with Gasteiger partial charge in [0.1, 0.15) is 8.07 Å². The second-order valence-corrected chi connectivity index (χ2v) is 29.7. The van der Waals surface area contributed by atoms with E-state index in [1.807, 2.05) is 0 Å². The highest BCUT2D eigenvalue weighted by atomic mass is 28.3. The fourth-order valence-electron chi connectivity index (χ4n) is 15.8. The summed E-state index contributed by atoms with van der Waals surface area (Å²) in [5, 5.41) is 13.5. The van der Waals surface area contributed by atoms with E-state index in [0.717, 1.165) is 0 Å². The predicted molar refractivity (Wildman–Crippen MR) is 348 cm³/mol. The number of rotatable bonds is 4. The van der Waals surface area contributed by atoms with Gasteiger partial charge in [-0.3, -0.25) is 0 Å². The molecule has 0 bridgehead atoms. The van der Waals surface area contributed by atoms with Crippen LogP contribution in [-0.4, -0.2) is 17.2 Å². The normalized spacial score (nSPS) is 15.0. The largest absolute Gasteiger partial charge is 0.308 e. The van der Waals surface area contributed by atoms with Crippen LogP contribution in [-0.2, 0) is 10.8 Å². The second kappa shape index (κ2) is 16.1. The third-order valence-electron chi connectivity index (χ3n) is 19.8. The molecule has 3 heterocycles. The molecule has 0 amide bonds. The maximum atomic E-state index is 2.68. The summed E-state index contributed by atoms with van der Waals surface area (Å²) in [6.45, 7) is 19.6. The molecule has 2 aliphatic carbocycles. The van der Waals surface area contributed by atoms with Gasteiger partial charge in [-0.1, -0.05) is 222 Å². The molecule has 81 heavy (non-hydrogen) atoms. The second-order valence-electron chi connectivity index (χ2n) is 25.3. The Morgan fingerprint density at radius 1 is 0.309 bits per heavy atom. The van der Waals surface area contributed by atoms with E-state index in [-0.39, 0.29) is 10.8 Å². The van der Waals surface area contributed by atoms with Gasteiger partial charge in [-0.25, -0.2) is 0 Å². The molecule has 0 spiro atoms. The lowest BCUT2D eigenvalue weighted by atomic mass is 9.80. The molecule has 386 valence electrons. The Labute approximate surface area is 474 Å². The molecule has 2 nitrogen and oxygen atoms in total. The van der Waals surface area contributed by atoms with Crippen molar-refractivity contribution in [2.24, 2.45) is 0 Å². The van der Waals surface area contributed by atoms with Crippen LogP contribution in [0.3, 0.4) is 0 Å². The lowest BCUT2D eigenvalue weighted by Gasteiger charge is -2.25. The SMILES string of the molecule is Cc1ccc2c(c1)c1cccc(-c3ccccc3)c1n2-c1cc2c(c3ccccc13)-c1cc3c(cc1C2(C)C)-c1cc2c(cc1[Si]3(C)C)-c1c(cc(-n3c4ccc(C)cc4c4cccc(-c5ccccc5)c43)c3ccccc13)C2(C)C. The van der Waals surface area contributed by atoms with Crippen molar-refractivity contribution < 1.29 is 0 Å². The van der Waals surface area contributed by atoms with Crippen LogP contribution in [0.5, 0.6) is 0 Å². The van der Waals surface area contributed by atoms with Crippen molar-refractivity contribution in [3.63, 3.8) is 0 Å². The topological polar surface area (TPSA) is 9.86 Å². The highest BCUT2D eigenvalue weighted by Crippen LogP contribution is 2.57. The van der Waals surface area contributed by atoms with Crippen molar-refractivity contribution in [2.75, 3.05) is 0 Å². The molecule has 17 rings (SSSR count). The first-order valence-corrected chi connectivity index (χ1v) is 32.0.